The number of hydrogen-bond acceptors (Lipinski definition) is 3. The van der Waals surface area contributed by atoms with E-state index in [1.165, 1.54) is 6.92 Å². The van der Waals surface area contributed by atoms with Crippen LogP contribution in [0.2, 0.25) is 0 Å². The quantitative estimate of drug-likeness (QED) is 0.889. The first-order chi connectivity index (χ1) is 9.97. The van der Waals surface area contributed by atoms with E-state index in [1.54, 1.807) is 4.90 Å². The Morgan fingerprint density at radius 3 is 2.67 bits per heavy atom. The Morgan fingerprint density at radius 1 is 1.29 bits per heavy atom. The summed E-state index contributed by atoms with van der Waals surface area (Å²) in [6, 6.07) is 7.90. The first-order valence-corrected chi connectivity index (χ1v) is 7.39. The number of carbonyl (C=O) groups excluding carboxylic acids is 2. The first kappa shape index (κ1) is 15.4. The normalized spacial score (nSPS) is 17.9. The predicted molar refractivity (Wildman–Crippen MR) is 83.3 cm³/mol. The summed E-state index contributed by atoms with van der Waals surface area (Å²) in [6.45, 7) is 6.86. The Morgan fingerprint density at radius 2 is 2.00 bits per heavy atom. The summed E-state index contributed by atoms with van der Waals surface area (Å²) in [7, 11) is 0. The molecule has 1 aliphatic rings. The molecule has 2 amide bonds. The number of rotatable bonds is 4. The zero-order valence-corrected chi connectivity index (χ0v) is 12.8. The van der Waals surface area contributed by atoms with Gasteiger partial charge in [-0.15, -0.1) is 0 Å². The van der Waals surface area contributed by atoms with Gasteiger partial charge in [0.1, 0.15) is 0 Å². The van der Waals surface area contributed by atoms with E-state index < -0.39 is 0 Å². The average Bonchev–Trinajstić information content (AvgIpc) is 2.85. The number of amides is 2. The Kier molecular flexibility index (Phi) is 4.83. The molecule has 0 spiro atoms. The average molecular weight is 289 g/mol. The lowest BCUT2D eigenvalue weighted by atomic mass is 10.1. The molecule has 5 heteroatoms. The third-order valence-corrected chi connectivity index (χ3v) is 3.48. The van der Waals surface area contributed by atoms with Crippen LogP contribution in [0.5, 0.6) is 0 Å². The number of para-hydroxylation sites is 1. The molecule has 1 saturated heterocycles. The maximum Gasteiger partial charge on any atom is 0.256 e. The highest BCUT2D eigenvalue weighted by Gasteiger charge is 2.28. The monoisotopic (exact) mass is 289 g/mol. The highest BCUT2D eigenvalue weighted by molar-refractivity contribution is 5.99. The maximum absolute atomic E-state index is 12.7. The van der Waals surface area contributed by atoms with Crippen LogP contribution < -0.4 is 10.6 Å². The summed E-state index contributed by atoms with van der Waals surface area (Å²) in [5.41, 5.74) is 1.55. The van der Waals surface area contributed by atoms with E-state index >= 15 is 0 Å². The lowest BCUT2D eigenvalue weighted by Crippen LogP contribution is -2.37. The van der Waals surface area contributed by atoms with Gasteiger partial charge < -0.3 is 15.5 Å². The van der Waals surface area contributed by atoms with Crippen molar-refractivity contribution in [1.82, 2.24) is 10.2 Å². The molecule has 1 aromatic carbocycles. The van der Waals surface area contributed by atoms with Crippen molar-refractivity contribution >= 4 is 17.5 Å². The van der Waals surface area contributed by atoms with Gasteiger partial charge in [-0.25, -0.2) is 0 Å². The van der Waals surface area contributed by atoms with E-state index in [0.717, 1.165) is 12.1 Å². The fourth-order valence-corrected chi connectivity index (χ4v) is 2.63. The third kappa shape index (κ3) is 3.97. The van der Waals surface area contributed by atoms with Crippen molar-refractivity contribution in [2.75, 3.05) is 18.4 Å². The van der Waals surface area contributed by atoms with E-state index in [0.29, 0.717) is 18.7 Å². The minimum absolute atomic E-state index is 0.0200. The van der Waals surface area contributed by atoms with Crippen LogP contribution in [0.15, 0.2) is 24.3 Å². The molecule has 2 N–H and O–H groups in total. The van der Waals surface area contributed by atoms with Crippen LogP contribution >= 0.6 is 0 Å². The van der Waals surface area contributed by atoms with Crippen molar-refractivity contribution in [1.29, 1.82) is 0 Å². The van der Waals surface area contributed by atoms with Gasteiger partial charge in [-0.3, -0.25) is 9.59 Å². The van der Waals surface area contributed by atoms with Crippen molar-refractivity contribution in [2.45, 2.75) is 39.3 Å². The van der Waals surface area contributed by atoms with Gasteiger partial charge >= 0.3 is 0 Å². The molecule has 1 aromatic rings. The van der Waals surface area contributed by atoms with E-state index in [1.807, 2.05) is 38.1 Å². The molecule has 0 aliphatic carbocycles. The van der Waals surface area contributed by atoms with Crippen LogP contribution in [0, 0.1) is 0 Å². The first-order valence-electron chi connectivity index (χ1n) is 7.39. The number of likely N-dealkylation sites (tertiary alicyclic amines) is 1. The molecular weight excluding hydrogens is 266 g/mol. The van der Waals surface area contributed by atoms with Gasteiger partial charge in [-0.1, -0.05) is 12.1 Å². The SMILES string of the molecule is CC(=O)NC1CCN(C(=O)c2ccccc2NC(C)C)C1. The summed E-state index contributed by atoms with van der Waals surface area (Å²) in [5.74, 6) is -0.0252. The molecule has 0 bridgehead atoms. The molecule has 0 aromatic heterocycles. The van der Waals surface area contributed by atoms with Crippen LogP contribution in [0.4, 0.5) is 5.69 Å². The van der Waals surface area contributed by atoms with E-state index in [4.69, 9.17) is 0 Å². The van der Waals surface area contributed by atoms with Crippen molar-refractivity contribution < 1.29 is 9.59 Å². The van der Waals surface area contributed by atoms with Crippen molar-refractivity contribution in [3.8, 4) is 0 Å². The second-order valence-electron chi connectivity index (χ2n) is 5.78. The summed E-state index contributed by atoms with van der Waals surface area (Å²) in [4.78, 5) is 25.6. The molecule has 1 aliphatic heterocycles. The summed E-state index contributed by atoms with van der Waals surface area (Å²) in [5, 5.41) is 6.18. The molecule has 1 unspecified atom stereocenters. The van der Waals surface area contributed by atoms with Gasteiger partial charge in [-0.2, -0.15) is 0 Å². The van der Waals surface area contributed by atoms with Crippen LogP contribution in [-0.2, 0) is 4.79 Å². The van der Waals surface area contributed by atoms with Gasteiger partial charge in [-0.05, 0) is 32.4 Å². The lowest BCUT2D eigenvalue weighted by molar-refractivity contribution is -0.119. The fraction of sp³-hybridized carbons (Fsp3) is 0.500. The lowest BCUT2D eigenvalue weighted by Gasteiger charge is -2.20. The van der Waals surface area contributed by atoms with Crippen LogP contribution in [0.1, 0.15) is 37.6 Å². The zero-order chi connectivity index (χ0) is 15.4. The molecule has 0 radical (unpaired) electrons. The smallest absolute Gasteiger partial charge is 0.256 e. The molecule has 1 atom stereocenters. The second kappa shape index (κ2) is 6.61. The predicted octanol–water partition coefficient (Wildman–Crippen LogP) is 1.86. The van der Waals surface area contributed by atoms with Gasteiger partial charge in [0.15, 0.2) is 0 Å². The fourth-order valence-electron chi connectivity index (χ4n) is 2.63. The summed E-state index contributed by atoms with van der Waals surface area (Å²) in [6.07, 6.45) is 0.811. The van der Waals surface area contributed by atoms with Crippen LogP contribution in [0.25, 0.3) is 0 Å². The second-order valence-corrected chi connectivity index (χ2v) is 5.78. The minimum atomic E-state index is -0.0452. The van der Waals surface area contributed by atoms with Crippen molar-refractivity contribution in [2.24, 2.45) is 0 Å². The number of hydrogen-bond donors (Lipinski definition) is 2. The van der Waals surface area contributed by atoms with Gasteiger partial charge in [0.2, 0.25) is 5.91 Å². The minimum Gasteiger partial charge on any atom is -0.382 e. The summed E-state index contributed by atoms with van der Waals surface area (Å²) >= 11 is 0. The Bertz CT molecular complexity index is 528. The van der Waals surface area contributed by atoms with E-state index in [9.17, 15) is 9.59 Å². The molecule has 21 heavy (non-hydrogen) atoms. The van der Waals surface area contributed by atoms with Gasteiger partial charge in [0.05, 0.1) is 5.56 Å². The molecule has 5 nitrogen and oxygen atoms in total. The molecule has 1 heterocycles. The van der Waals surface area contributed by atoms with E-state index in [-0.39, 0.29) is 23.9 Å². The number of nitrogens with one attached hydrogen (secondary N) is 2. The largest absolute Gasteiger partial charge is 0.382 e. The highest BCUT2D eigenvalue weighted by atomic mass is 16.2. The maximum atomic E-state index is 12.7. The van der Waals surface area contributed by atoms with Crippen LogP contribution in [0.3, 0.4) is 0 Å². The number of benzene rings is 1. The molecule has 1 fully saturated rings. The van der Waals surface area contributed by atoms with Gasteiger partial charge in [0, 0.05) is 37.8 Å². The highest BCUT2D eigenvalue weighted by Crippen LogP contribution is 2.21. The molecule has 2 rings (SSSR count). The van der Waals surface area contributed by atoms with Gasteiger partial charge in [0.25, 0.3) is 5.91 Å². The van der Waals surface area contributed by atoms with Crippen molar-refractivity contribution in [3.05, 3.63) is 29.8 Å². The Labute approximate surface area is 125 Å². The van der Waals surface area contributed by atoms with Crippen LogP contribution in [-0.4, -0.2) is 41.9 Å². The number of anilines is 1. The Balaban J connectivity index is 2.09. The Hall–Kier alpha value is -2.04. The zero-order valence-electron chi connectivity index (χ0n) is 12.8. The molecule has 0 saturated carbocycles. The summed E-state index contributed by atoms with van der Waals surface area (Å²) < 4.78 is 0. The standard InChI is InChI=1S/C16H23N3O2/c1-11(2)17-15-7-5-4-6-14(15)16(21)19-9-8-13(10-19)18-12(3)20/h4-7,11,13,17H,8-10H2,1-3H3,(H,18,20). The number of carbonyl (C=O) groups is 2. The molecule has 114 valence electrons. The van der Waals surface area contributed by atoms with Crippen molar-refractivity contribution in [3.63, 3.8) is 0 Å². The number of nitrogens with zero attached hydrogens (tertiary/aromatic N) is 1. The molecular formula is C16H23N3O2. The third-order valence-electron chi connectivity index (χ3n) is 3.48. The topological polar surface area (TPSA) is 61.4 Å². The van der Waals surface area contributed by atoms with E-state index in [2.05, 4.69) is 10.6 Å².